The summed E-state index contributed by atoms with van der Waals surface area (Å²) >= 11 is 0. The van der Waals surface area contributed by atoms with Crippen molar-refractivity contribution in [2.75, 3.05) is 5.73 Å². The maximum atomic E-state index is 10.7. The third-order valence-corrected chi connectivity index (χ3v) is 1.80. The van der Waals surface area contributed by atoms with E-state index in [4.69, 9.17) is 5.73 Å². The number of hydrogen-bond acceptors (Lipinski definition) is 2. The highest BCUT2D eigenvalue weighted by Crippen LogP contribution is 2.12. The predicted octanol–water partition coefficient (Wildman–Crippen LogP) is 1.79. The molecule has 12 heavy (non-hydrogen) atoms. The molecule has 1 aromatic carbocycles. The van der Waals surface area contributed by atoms with Crippen LogP contribution in [0.1, 0.15) is 18.9 Å². The Bertz CT molecular complexity index is 281. The summed E-state index contributed by atoms with van der Waals surface area (Å²) in [6, 6.07) is 7.65. The van der Waals surface area contributed by atoms with Gasteiger partial charge in [0.2, 0.25) is 0 Å². The molecule has 0 amide bonds. The molecule has 0 aliphatic carbocycles. The van der Waals surface area contributed by atoms with Gasteiger partial charge in [-0.3, -0.25) is 0 Å². The fraction of sp³-hybridized carbons (Fsp3) is 0.300. The van der Waals surface area contributed by atoms with Crippen LogP contribution in [0.4, 0.5) is 5.69 Å². The molecule has 2 heteroatoms. The largest absolute Gasteiger partial charge is 0.399 e. The average molecular weight is 163 g/mol. The van der Waals surface area contributed by atoms with E-state index in [9.17, 15) is 4.79 Å². The molecule has 1 rings (SSSR count). The normalized spacial score (nSPS) is 9.75. The third kappa shape index (κ3) is 2.38. The molecule has 0 bridgehead atoms. The van der Waals surface area contributed by atoms with E-state index >= 15 is 0 Å². The van der Waals surface area contributed by atoms with Crippen LogP contribution >= 0.6 is 0 Å². The summed E-state index contributed by atoms with van der Waals surface area (Å²) in [5.41, 5.74) is 7.53. The SMILES string of the molecule is CC(=O)CCc1ccccc1N. The van der Waals surface area contributed by atoms with Crippen LogP contribution in [0, 0.1) is 0 Å². The van der Waals surface area contributed by atoms with Crippen molar-refractivity contribution in [3.8, 4) is 0 Å². The van der Waals surface area contributed by atoms with E-state index in [0.29, 0.717) is 6.42 Å². The number of aryl methyl sites for hydroxylation is 1. The number of carbonyl (C=O) groups excluding carboxylic acids is 1. The second kappa shape index (κ2) is 3.90. The summed E-state index contributed by atoms with van der Waals surface area (Å²) in [5.74, 6) is 0.207. The van der Waals surface area contributed by atoms with Crippen LogP contribution in [0.5, 0.6) is 0 Å². The van der Waals surface area contributed by atoms with Gasteiger partial charge in [0.05, 0.1) is 0 Å². The third-order valence-electron chi connectivity index (χ3n) is 1.80. The molecule has 0 aromatic heterocycles. The minimum absolute atomic E-state index is 0.207. The number of anilines is 1. The summed E-state index contributed by atoms with van der Waals surface area (Å²) in [6.07, 6.45) is 1.33. The lowest BCUT2D eigenvalue weighted by Gasteiger charge is -2.02. The van der Waals surface area contributed by atoms with Gasteiger partial charge in [-0.2, -0.15) is 0 Å². The van der Waals surface area contributed by atoms with E-state index in [1.807, 2.05) is 24.3 Å². The molecule has 0 unspecified atom stereocenters. The van der Waals surface area contributed by atoms with Gasteiger partial charge in [-0.1, -0.05) is 18.2 Å². The molecule has 2 N–H and O–H groups in total. The van der Waals surface area contributed by atoms with Gasteiger partial charge < -0.3 is 10.5 Å². The Morgan fingerprint density at radius 2 is 2.08 bits per heavy atom. The molecule has 0 heterocycles. The van der Waals surface area contributed by atoms with Crippen LogP contribution < -0.4 is 5.73 Å². The van der Waals surface area contributed by atoms with Gasteiger partial charge in [0, 0.05) is 12.1 Å². The molecule has 0 aliphatic heterocycles. The van der Waals surface area contributed by atoms with Crippen molar-refractivity contribution in [3.05, 3.63) is 29.8 Å². The number of ketones is 1. The molecule has 0 aliphatic rings. The number of rotatable bonds is 3. The first kappa shape index (κ1) is 8.78. The first-order valence-corrected chi connectivity index (χ1v) is 4.03. The minimum atomic E-state index is 0.207. The summed E-state index contributed by atoms with van der Waals surface area (Å²) in [7, 11) is 0. The van der Waals surface area contributed by atoms with Gasteiger partial charge in [-0.15, -0.1) is 0 Å². The lowest BCUT2D eigenvalue weighted by atomic mass is 10.1. The van der Waals surface area contributed by atoms with Crippen molar-refractivity contribution in [1.82, 2.24) is 0 Å². The first-order chi connectivity index (χ1) is 5.70. The van der Waals surface area contributed by atoms with Gasteiger partial charge in [0.1, 0.15) is 5.78 Å². The summed E-state index contributed by atoms with van der Waals surface area (Å²) in [6.45, 7) is 1.60. The van der Waals surface area contributed by atoms with Crippen LogP contribution in [0.15, 0.2) is 24.3 Å². The number of hydrogen-bond donors (Lipinski definition) is 1. The van der Waals surface area contributed by atoms with Crippen LogP contribution in [0.3, 0.4) is 0 Å². The lowest BCUT2D eigenvalue weighted by molar-refractivity contribution is -0.116. The quantitative estimate of drug-likeness (QED) is 0.690. The molecule has 64 valence electrons. The average Bonchev–Trinajstić information content (AvgIpc) is 2.03. The molecule has 0 radical (unpaired) electrons. The van der Waals surface area contributed by atoms with E-state index in [-0.39, 0.29) is 5.78 Å². The number of Topliss-reactive ketones (excluding diaryl/α,β-unsaturated/α-hetero) is 1. The second-order valence-corrected chi connectivity index (χ2v) is 2.90. The molecule has 0 spiro atoms. The molecular weight excluding hydrogens is 150 g/mol. The van der Waals surface area contributed by atoms with Crippen molar-refractivity contribution in [2.45, 2.75) is 19.8 Å². The topological polar surface area (TPSA) is 43.1 Å². The first-order valence-electron chi connectivity index (χ1n) is 4.03. The Hall–Kier alpha value is -1.31. The number of nitrogen functional groups attached to an aromatic ring is 1. The van der Waals surface area contributed by atoms with E-state index in [2.05, 4.69) is 0 Å². The molecule has 0 atom stereocenters. The number of para-hydroxylation sites is 1. The lowest BCUT2D eigenvalue weighted by Crippen LogP contribution is -1.97. The van der Waals surface area contributed by atoms with Crippen LogP contribution in [-0.2, 0) is 11.2 Å². The standard InChI is InChI=1S/C10H13NO/c1-8(12)6-7-9-4-2-3-5-10(9)11/h2-5H,6-7,11H2,1H3. The van der Waals surface area contributed by atoms with Crippen molar-refractivity contribution < 1.29 is 4.79 Å². The fourth-order valence-corrected chi connectivity index (χ4v) is 1.07. The second-order valence-electron chi connectivity index (χ2n) is 2.90. The minimum Gasteiger partial charge on any atom is -0.399 e. The zero-order valence-electron chi connectivity index (χ0n) is 7.21. The maximum Gasteiger partial charge on any atom is 0.130 e. The van der Waals surface area contributed by atoms with Crippen LogP contribution in [0.25, 0.3) is 0 Å². The molecule has 0 saturated heterocycles. The van der Waals surface area contributed by atoms with Gasteiger partial charge >= 0.3 is 0 Å². The molecular formula is C10H13NO. The number of benzene rings is 1. The maximum absolute atomic E-state index is 10.7. The van der Waals surface area contributed by atoms with Crippen molar-refractivity contribution in [3.63, 3.8) is 0 Å². The predicted molar refractivity (Wildman–Crippen MR) is 49.9 cm³/mol. The van der Waals surface area contributed by atoms with Gasteiger partial charge in [-0.25, -0.2) is 0 Å². The number of carbonyl (C=O) groups is 1. The van der Waals surface area contributed by atoms with Crippen molar-refractivity contribution >= 4 is 11.5 Å². The molecule has 0 fully saturated rings. The Labute approximate surface area is 72.4 Å². The smallest absolute Gasteiger partial charge is 0.130 e. The van der Waals surface area contributed by atoms with Crippen molar-refractivity contribution in [1.29, 1.82) is 0 Å². The zero-order valence-corrected chi connectivity index (χ0v) is 7.21. The van der Waals surface area contributed by atoms with E-state index < -0.39 is 0 Å². The fourth-order valence-electron chi connectivity index (χ4n) is 1.07. The molecule has 1 aromatic rings. The Morgan fingerprint density at radius 3 is 2.67 bits per heavy atom. The molecule has 2 nitrogen and oxygen atoms in total. The van der Waals surface area contributed by atoms with Gasteiger partial charge in [0.15, 0.2) is 0 Å². The van der Waals surface area contributed by atoms with Crippen LogP contribution in [-0.4, -0.2) is 5.78 Å². The van der Waals surface area contributed by atoms with Gasteiger partial charge in [-0.05, 0) is 25.0 Å². The monoisotopic (exact) mass is 163 g/mol. The Morgan fingerprint density at radius 1 is 1.42 bits per heavy atom. The Balaban J connectivity index is 2.63. The number of nitrogens with two attached hydrogens (primary N) is 1. The van der Waals surface area contributed by atoms with Crippen LogP contribution in [0.2, 0.25) is 0 Å². The van der Waals surface area contributed by atoms with Crippen molar-refractivity contribution in [2.24, 2.45) is 0 Å². The summed E-state index contributed by atoms with van der Waals surface area (Å²) in [4.78, 5) is 10.7. The summed E-state index contributed by atoms with van der Waals surface area (Å²) < 4.78 is 0. The summed E-state index contributed by atoms with van der Waals surface area (Å²) in [5, 5.41) is 0. The Kier molecular flexibility index (Phi) is 2.86. The van der Waals surface area contributed by atoms with E-state index in [1.54, 1.807) is 6.92 Å². The van der Waals surface area contributed by atoms with Gasteiger partial charge in [0.25, 0.3) is 0 Å². The highest BCUT2D eigenvalue weighted by Gasteiger charge is 1.98. The zero-order chi connectivity index (χ0) is 8.97. The highest BCUT2D eigenvalue weighted by atomic mass is 16.1. The highest BCUT2D eigenvalue weighted by molar-refractivity contribution is 5.75. The van der Waals surface area contributed by atoms with E-state index in [1.165, 1.54) is 0 Å². The molecule has 0 saturated carbocycles. The van der Waals surface area contributed by atoms with E-state index in [0.717, 1.165) is 17.7 Å².